The molecular weight excluding hydrogens is 358 g/mol. The van der Waals surface area contributed by atoms with E-state index >= 15 is 0 Å². The summed E-state index contributed by atoms with van der Waals surface area (Å²) in [4.78, 5) is 23.8. The maximum absolute atomic E-state index is 13.1. The molecule has 0 saturated carbocycles. The van der Waals surface area contributed by atoms with E-state index in [0.717, 1.165) is 17.1 Å². The highest BCUT2D eigenvalue weighted by atomic mass is 16.6. The fraction of sp³-hybridized carbons (Fsp3) is 0.286. The second-order valence-electron chi connectivity index (χ2n) is 8.09. The molecule has 2 aliphatic rings. The predicted molar refractivity (Wildman–Crippen MR) is 106 cm³/mol. The fourth-order valence-electron chi connectivity index (χ4n) is 4.01. The summed E-state index contributed by atoms with van der Waals surface area (Å²) in [7, 11) is 0. The number of nitrogens with zero attached hydrogens (tertiary/aromatic N) is 1. The van der Waals surface area contributed by atoms with Gasteiger partial charge < -0.3 is 15.7 Å². The van der Waals surface area contributed by atoms with Gasteiger partial charge in [-0.25, -0.2) is 0 Å². The van der Waals surface area contributed by atoms with Gasteiger partial charge in [0.1, 0.15) is 0 Å². The van der Waals surface area contributed by atoms with E-state index in [9.17, 15) is 20.0 Å². The Morgan fingerprint density at radius 2 is 1.86 bits per heavy atom. The number of rotatable bonds is 2. The van der Waals surface area contributed by atoms with Gasteiger partial charge in [-0.1, -0.05) is 32.0 Å². The molecule has 4 rings (SSSR count). The molecule has 28 heavy (non-hydrogen) atoms. The number of phenolic OH excluding ortho intramolecular Hbond substituents is 1. The van der Waals surface area contributed by atoms with Crippen LogP contribution in [0, 0.1) is 15.5 Å². The number of nitrogens with one attached hydrogen (secondary N) is 2. The molecule has 1 unspecified atom stereocenters. The van der Waals surface area contributed by atoms with Crippen LogP contribution in [0.25, 0.3) is 0 Å². The third-order valence-electron chi connectivity index (χ3n) is 5.25. The Hall–Kier alpha value is -3.35. The maximum atomic E-state index is 13.1. The molecule has 1 atom stereocenters. The van der Waals surface area contributed by atoms with Crippen molar-refractivity contribution in [1.29, 1.82) is 0 Å². The van der Waals surface area contributed by atoms with E-state index in [1.54, 1.807) is 6.07 Å². The number of aromatic hydroxyl groups is 1. The average Bonchev–Trinajstić information content (AvgIpc) is 2.77. The highest BCUT2D eigenvalue weighted by molar-refractivity contribution is 6.01. The third-order valence-corrected chi connectivity index (χ3v) is 5.25. The van der Waals surface area contributed by atoms with Crippen molar-refractivity contribution in [2.75, 3.05) is 10.6 Å². The van der Waals surface area contributed by atoms with E-state index in [0.29, 0.717) is 24.0 Å². The minimum absolute atomic E-state index is 0.0137. The maximum Gasteiger partial charge on any atom is 0.311 e. The molecule has 1 heterocycles. The Balaban J connectivity index is 1.90. The SMILES string of the molecule is CC1(C)CC(=O)C2=C(C1)Nc1ccccc1NC2c1ccc(O)c([N+](=O)[O-])c1. The second-order valence-corrected chi connectivity index (χ2v) is 8.09. The minimum Gasteiger partial charge on any atom is -0.502 e. The molecule has 144 valence electrons. The lowest BCUT2D eigenvalue weighted by atomic mass is 9.73. The number of benzene rings is 2. The van der Waals surface area contributed by atoms with Crippen LogP contribution in [-0.4, -0.2) is 15.8 Å². The largest absolute Gasteiger partial charge is 0.502 e. The molecule has 7 nitrogen and oxygen atoms in total. The van der Waals surface area contributed by atoms with E-state index in [-0.39, 0.29) is 16.9 Å². The Morgan fingerprint density at radius 3 is 2.57 bits per heavy atom. The van der Waals surface area contributed by atoms with Gasteiger partial charge in [0, 0.05) is 23.8 Å². The van der Waals surface area contributed by atoms with Gasteiger partial charge in [0.2, 0.25) is 0 Å². The van der Waals surface area contributed by atoms with Gasteiger partial charge in [-0.05, 0) is 35.6 Å². The zero-order chi connectivity index (χ0) is 20.1. The molecule has 7 heteroatoms. The predicted octanol–water partition coefficient (Wildman–Crippen LogP) is 4.52. The zero-order valence-electron chi connectivity index (χ0n) is 15.7. The van der Waals surface area contributed by atoms with Crippen molar-refractivity contribution in [3.8, 4) is 5.75 Å². The van der Waals surface area contributed by atoms with Crippen LogP contribution < -0.4 is 10.6 Å². The number of nitro groups is 1. The Kier molecular flexibility index (Phi) is 4.10. The highest BCUT2D eigenvalue weighted by Crippen LogP contribution is 2.46. The van der Waals surface area contributed by atoms with Crippen LogP contribution in [0.1, 0.15) is 38.3 Å². The lowest BCUT2D eigenvalue weighted by Gasteiger charge is -2.34. The number of phenols is 1. The first-order valence-corrected chi connectivity index (χ1v) is 9.11. The van der Waals surface area contributed by atoms with E-state index < -0.39 is 16.7 Å². The summed E-state index contributed by atoms with van der Waals surface area (Å²) < 4.78 is 0. The fourth-order valence-corrected chi connectivity index (χ4v) is 4.01. The lowest BCUT2D eigenvalue weighted by molar-refractivity contribution is -0.385. The molecule has 2 aromatic carbocycles. The van der Waals surface area contributed by atoms with E-state index in [4.69, 9.17) is 0 Å². The van der Waals surface area contributed by atoms with Gasteiger partial charge in [0.25, 0.3) is 0 Å². The Morgan fingerprint density at radius 1 is 1.14 bits per heavy atom. The zero-order valence-corrected chi connectivity index (χ0v) is 15.7. The number of hydrogen-bond acceptors (Lipinski definition) is 6. The van der Waals surface area contributed by atoms with Crippen molar-refractivity contribution >= 4 is 22.8 Å². The van der Waals surface area contributed by atoms with Crippen LogP contribution in [-0.2, 0) is 4.79 Å². The van der Waals surface area contributed by atoms with Crippen molar-refractivity contribution < 1.29 is 14.8 Å². The number of nitro benzene ring substituents is 1. The standard InChI is InChI=1S/C21H21N3O4/c1-21(2)10-15-19(18(26)11-21)20(23-14-6-4-3-5-13(14)22-15)12-7-8-17(25)16(9-12)24(27)28/h3-9,20,22-23,25H,10-11H2,1-2H3. The number of allylic oxidation sites excluding steroid dienone is 1. The normalized spacial score (nSPS) is 20.4. The van der Waals surface area contributed by atoms with E-state index in [1.807, 2.05) is 24.3 Å². The summed E-state index contributed by atoms with van der Waals surface area (Å²) in [5.41, 5.74) is 3.10. The molecule has 2 aromatic rings. The van der Waals surface area contributed by atoms with Crippen LogP contribution >= 0.6 is 0 Å². The molecule has 0 radical (unpaired) electrons. The van der Waals surface area contributed by atoms with Crippen LogP contribution in [0.15, 0.2) is 53.7 Å². The molecule has 0 saturated heterocycles. The molecule has 0 bridgehead atoms. The molecule has 0 aromatic heterocycles. The summed E-state index contributed by atoms with van der Waals surface area (Å²) in [5.74, 6) is -0.383. The number of ketones is 1. The Bertz CT molecular complexity index is 1030. The number of fused-ring (bicyclic) bond motifs is 1. The number of carbonyl (C=O) groups excluding carboxylic acids is 1. The van der Waals surface area contributed by atoms with Crippen LogP contribution in [0.2, 0.25) is 0 Å². The lowest BCUT2D eigenvalue weighted by Crippen LogP contribution is -2.31. The van der Waals surface area contributed by atoms with Gasteiger partial charge in [-0.2, -0.15) is 0 Å². The number of para-hydroxylation sites is 2. The van der Waals surface area contributed by atoms with Crippen LogP contribution in [0.4, 0.5) is 17.1 Å². The first kappa shape index (κ1) is 18.0. The van der Waals surface area contributed by atoms with E-state index in [1.165, 1.54) is 12.1 Å². The third kappa shape index (κ3) is 3.09. The molecule has 3 N–H and O–H groups in total. The molecule has 1 aliphatic heterocycles. The Labute approximate surface area is 162 Å². The number of carbonyl (C=O) groups is 1. The van der Waals surface area contributed by atoms with Crippen molar-refractivity contribution in [3.05, 3.63) is 69.4 Å². The number of Topliss-reactive ketones (excluding diaryl/α,β-unsaturated/α-hetero) is 1. The first-order chi connectivity index (χ1) is 13.2. The minimum atomic E-state index is -0.622. The van der Waals surface area contributed by atoms with Gasteiger partial charge in [0.05, 0.1) is 22.3 Å². The quantitative estimate of drug-likeness (QED) is 0.523. The summed E-state index contributed by atoms with van der Waals surface area (Å²) in [5, 5.41) is 27.9. The summed E-state index contributed by atoms with van der Waals surface area (Å²) >= 11 is 0. The number of hydrogen-bond donors (Lipinski definition) is 3. The smallest absolute Gasteiger partial charge is 0.311 e. The first-order valence-electron chi connectivity index (χ1n) is 9.11. The van der Waals surface area contributed by atoms with Crippen LogP contribution in [0.5, 0.6) is 5.75 Å². The van der Waals surface area contributed by atoms with Gasteiger partial charge in [-0.15, -0.1) is 0 Å². The monoisotopic (exact) mass is 379 g/mol. The van der Waals surface area contributed by atoms with Crippen molar-refractivity contribution in [3.63, 3.8) is 0 Å². The van der Waals surface area contributed by atoms with Gasteiger partial charge in [0.15, 0.2) is 11.5 Å². The van der Waals surface area contributed by atoms with Gasteiger partial charge in [-0.3, -0.25) is 14.9 Å². The molecule has 0 fully saturated rings. The van der Waals surface area contributed by atoms with Crippen molar-refractivity contribution in [2.24, 2.45) is 5.41 Å². The summed E-state index contributed by atoms with van der Waals surface area (Å²) in [6, 6.07) is 11.3. The van der Waals surface area contributed by atoms with Crippen molar-refractivity contribution in [2.45, 2.75) is 32.7 Å². The van der Waals surface area contributed by atoms with Gasteiger partial charge >= 0.3 is 5.69 Å². The molecule has 0 spiro atoms. The van der Waals surface area contributed by atoms with Crippen molar-refractivity contribution in [1.82, 2.24) is 0 Å². The summed E-state index contributed by atoms with van der Waals surface area (Å²) in [6.07, 6.45) is 1.10. The van der Waals surface area contributed by atoms with Crippen LogP contribution in [0.3, 0.4) is 0 Å². The molecule has 1 aliphatic carbocycles. The summed E-state index contributed by atoms with van der Waals surface area (Å²) in [6.45, 7) is 4.11. The topological polar surface area (TPSA) is 104 Å². The number of anilines is 2. The molecule has 0 amide bonds. The highest BCUT2D eigenvalue weighted by Gasteiger charge is 2.39. The van der Waals surface area contributed by atoms with E-state index in [2.05, 4.69) is 24.5 Å². The average molecular weight is 379 g/mol. The molecular formula is C21H21N3O4. The second kappa shape index (κ2) is 6.37.